The molecule has 2 unspecified atom stereocenters. The summed E-state index contributed by atoms with van der Waals surface area (Å²) >= 11 is 9.60. The van der Waals surface area contributed by atoms with Crippen LogP contribution in [0.4, 0.5) is 0 Å². The summed E-state index contributed by atoms with van der Waals surface area (Å²) in [6, 6.07) is 5.98. The van der Waals surface area contributed by atoms with E-state index in [1.807, 2.05) is 32.0 Å². The van der Waals surface area contributed by atoms with E-state index in [-0.39, 0.29) is 18.0 Å². The van der Waals surface area contributed by atoms with Crippen molar-refractivity contribution in [2.45, 2.75) is 44.8 Å². The van der Waals surface area contributed by atoms with E-state index in [2.05, 4.69) is 26.6 Å². The van der Waals surface area contributed by atoms with Gasteiger partial charge in [0.1, 0.15) is 0 Å². The molecule has 19 heavy (non-hydrogen) atoms. The molecule has 0 spiro atoms. The van der Waals surface area contributed by atoms with Crippen LogP contribution in [-0.4, -0.2) is 18.0 Å². The molecule has 1 aliphatic rings. The molecule has 2 rings (SSSR count). The molecule has 1 aromatic rings. The van der Waals surface area contributed by atoms with E-state index in [4.69, 9.17) is 11.6 Å². The van der Waals surface area contributed by atoms with E-state index in [0.29, 0.717) is 11.1 Å². The number of carbonyl (C=O) groups is 1. The molecule has 0 aliphatic heterocycles. The van der Waals surface area contributed by atoms with Crippen LogP contribution in [0.3, 0.4) is 0 Å². The van der Waals surface area contributed by atoms with Crippen molar-refractivity contribution < 1.29 is 4.79 Å². The van der Waals surface area contributed by atoms with Crippen LogP contribution in [0.1, 0.15) is 38.3 Å². The van der Waals surface area contributed by atoms with E-state index in [0.717, 1.165) is 22.9 Å². The van der Waals surface area contributed by atoms with Gasteiger partial charge in [-0.2, -0.15) is 0 Å². The van der Waals surface area contributed by atoms with Gasteiger partial charge in [0.15, 0.2) is 0 Å². The Kier molecular flexibility index (Phi) is 4.87. The average Bonchev–Trinajstić information content (AvgIpc) is 3.12. The maximum Gasteiger partial charge on any atom is 0.237 e. The Morgan fingerprint density at radius 2 is 2.11 bits per heavy atom. The van der Waals surface area contributed by atoms with Crippen molar-refractivity contribution in [2.75, 3.05) is 0 Å². The Hall–Kier alpha value is -0.580. The van der Waals surface area contributed by atoms with Crippen molar-refractivity contribution >= 4 is 33.4 Å². The largest absolute Gasteiger partial charge is 0.352 e. The Bertz CT molecular complexity index is 477. The monoisotopic (exact) mass is 344 g/mol. The second kappa shape index (κ2) is 6.25. The van der Waals surface area contributed by atoms with Gasteiger partial charge >= 0.3 is 0 Å². The minimum absolute atomic E-state index is 0.0283. The topological polar surface area (TPSA) is 41.1 Å². The summed E-state index contributed by atoms with van der Waals surface area (Å²) in [7, 11) is 0. The quantitative estimate of drug-likeness (QED) is 0.858. The van der Waals surface area contributed by atoms with Crippen molar-refractivity contribution in [1.29, 1.82) is 0 Å². The third-order valence-corrected chi connectivity index (χ3v) is 4.07. The molecule has 2 N–H and O–H groups in total. The molecule has 3 nitrogen and oxygen atoms in total. The number of hydrogen-bond acceptors (Lipinski definition) is 2. The molecule has 0 radical (unpaired) electrons. The number of nitrogens with one attached hydrogen (secondary N) is 2. The first-order chi connectivity index (χ1) is 8.97. The molecule has 1 aromatic carbocycles. The number of rotatable bonds is 5. The van der Waals surface area contributed by atoms with Crippen LogP contribution >= 0.6 is 27.5 Å². The second-order valence-electron chi connectivity index (χ2n) is 5.06. The van der Waals surface area contributed by atoms with Gasteiger partial charge in [0.25, 0.3) is 0 Å². The van der Waals surface area contributed by atoms with Crippen molar-refractivity contribution in [1.82, 2.24) is 10.6 Å². The van der Waals surface area contributed by atoms with Gasteiger partial charge in [-0.1, -0.05) is 33.6 Å². The Labute approximate surface area is 127 Å². The van der Waals surface area contributed by atoms with E-state index < -0.39 is 0 Å². The van der Waals surface area contributed by atoms with Crippen LogP contribution in [-0.2, 0) is 4.79 Å². The standard InChI is InChI=1S/C14H18BrClN2O/c1-8(12-6-3-10(15)7-13(12)16)17-9(2)14(19)18-11-4-5-11/h3,6-9,11,17H,4-5H2,1-2H3,(H,18,19). The Balaban J connectivity index is 1.95. The highest BCUT2D eigenvalue weighted by Gasteiger charge is 2.26. The smallest absolute Gasteiger partial charge is 0.237 e. The maximum absolute atomic E-state index is 11.9. The molecule has 1 saturated carbocycles. The maximum atomic E-state index is 11.9. The summed E-state index contributed by atoms with van der Waals surface area (Å²) in [5.41, 5.74) is 0.996. The van der Waals surface area contributed by atoms with Gasteiger partial charge in [-0.25, -0.2) is 0 Å². The molecule has 0 saturated heterocycles. The van der Waals surface area contributed by atoms with Gasteiger partial charge in [-0.3, -0.25) is 10.1 Å². The third-order valence-electron chi connectivity index (χ3n) is 3.25. The van der Waals surface area contributed by atoms with Crippen LogP contribution in [0.2, 0.25) is 5.02 Å². The Morgan fingerprint density at radius 3 is 2.68 bits per heavy atom. The molecule has 5 heteroatoms. The SMILES string of the molecule is CC(NC(C)c1ccc(Br)cc1Cl)C(=O)NC1CC1. The lowest BCUT2D eigenvalue weighted by Crippen LogP contribution is -2.43. The average molecular weight is 346 g/mol. The minimum atomic E-state index is -0.227. The summed E-state index contributed by atoms with van der Waals surface area (Å²) < 4.78 is 0.952. The fourth-order valence-corrected chi connectivity index (χ4v) is 2.78. The van der Waals surface area contributed by atoms with E-state index in [9.17, 15) is 4.79 Å². The number of carbonyl (C=O) groups excluding carboxylic acids is 1. The second-order valence-corrected chi connectivity index (χ2v) is 6.38. The lowest BCUT2D eigenvalue weighted by molar-refractivity contribution is -0.123. The zero-order valence-corrected chi connectivity index (χ0v) is 13.4. The summed E-state index contributed by atoms with van der Waals surface area (Å²) in [6.07, 6.45) is 2.21. The fraction of sp³-hybridized carbons (Fsp3) is 0.500. The van der Waals surface area contributed by atoms with E-state index >= 15 is 0 Å². The summed E-state index contributed by atoms with van der Waals surface area (Å²) in [5, 5.41) is 6.97. The molecule has 0 aromatic heterocycles. The van der Waals surface area contributed by atoms with Crippen LogP contribution in [0.5, 0.6) is 0 Å². The normalized spacial score (nSPS) is 17.9. The van der Waals surface area contributed by atoms with Crippen LogP contribution in [0.15, 0.2) is 22.7 Å². The zero-order valence-electron chi connectivity index (χ0n) is 11.0. The van der Waals surface area contributed by atoms with Crippen molar-refractivity contribution in [3.05, 3.63) is 33.3 Å². The zero-order chi connectivity index (χ0) is 14.0. The molecular weight excluding hydrogens is 328 g/mol. The predicted octanol–water partition coefficient (Wildman–Crippen LogP) is 3.42. The Morgan fingerprint density at radius 1 is 1.42 bits per heavy atom. The van der Waals surface area contributed by atoms with Crippen molar-refractivity contribution in [3.8, 4) is 0 Å². The molecule has 104 valence electrons. The van der Waals surface area contributed by atoms with Gasteiger partial charge in [-0.05, 0) is 44.4 Å². The molecule has 1 amide bonds. The summed E-state index contributed by atoms with van der Waals surface area (Å²) in [4.78, 5) is 11.9. The first kappa shape index (κ1) is 14.8. The lowest BCUT2D eigenvalue weighted by atomic mass is 10.1. The van der Waals surface area contributed by atoms with Crippen LogP contribution in [0.25, 0.3) is 0 Å². The molecule has 2 atom stereocenters. The molecule has 1 fully saturated rings. The van der Waals surface area contributed by atoms with Crippen LogP contribution in [0, 0.1) is 0 Å². The van der Waals surface area contributed by atoms with Gasteiger partial charge in [0, 0.05) is 21.6 Å². The highest BCUT2D eigenvalue weighted by molar-refractivity contribution is 9.10. The summed E-state index contributed by atoms with van der Waals surface area (Å²) in [5.74, 6) is 0.0579. The number of hydrogen-bond donors (Lipinski definition) is 2. The van der Waals surface area contributed by atoms with Crippen molar-refractivity contribution in [3.63, 3.8) is 0 Å². The molecule has 0 bridgehead atoms. The van der Waals surface area contributed by atoms with E-state index in [1.165, 1.54) is 0 Å². The predicted molar refractivity (Wildman–Crippen MR) is 81.3 cm³/mol. The molecular formula is C14H18BrClN2O. The molecule has 1 aliphatic carbocycles. The van der Waals surface area contributed by atoms with Gasteiger partial charge < -0.3 is 5.32 Å². The number of amides is 1. The first-order valence-electron chi connectivity index (χ1n) is 6.48. The minimum Gasteiger partial charge on any atom is -0.352 e. The van der Waals surface area contributed by atoms with Gasteiger partial charge in [0.2, 0.25) is 5.91 Å². The van der Waals surface area contributed by atoms with Crippen LogP contribution < -0.4 is 10.6 Å². The third kappa shape index (κ3) is 4.20. The number of benzene rings is 1. The first-order valence-corrected chi connectivity index (χ1v) is 7.66. The fourth-order valence-electron chi connectivity index (χ4n) is 1.95. The lowest BCUT2D eigenvalue weighted by Gasteiger charge is -2.21. The van der Waals surface area contributed by atoms with Gasteiger partial charge in [0.05, 0.1) is 6.04 Å². The molecule has 0 heterocycles. The van der Waals surface area contributed by atoms with Crippen molar-refractivity contribution in [2.24, 2.45) is 0 Å². The summed E-state index contributed by atoms with van der Waals surface area (Å²) in [6.45, 7) is 3.89. The number of halogens is 2. The highest BCUT2D eigenvalue weighted by Crippen LogP contribution is 2.26. The van der Waals surface area contributed by atoms with Gasteiger partial charge in [-0.15, -0.1) is 0 Å². The highest BCUT2D eigenvalue weighted by atomic mass is 79.9. The van der Waals surface area contributed by atoms with E-state index in [1.54, 1.807) is 0 Å².